The van der Waals surface area contributed by atoms with E-state index < -0.39 is 55.7 Å². The maximum absolute atomic E-state index is 13.1. The Kier molecular flexibility index (Phi) is 5.69. The Labute approximate surface area is 106 Å². The molecule has 0 aromatic carbocycles. The third-order valence-corrected chi connectivity index (χ3v) is 6.00. The number of nitrogens with zero attached hydrogens (tertiary/aromatic N) is 1. The van der Waals surface area contributed by atoms with Gasteiger partial charge in [0.15, 0.2) is 8.45 Å². The lowest BCUT2D eigenvalue weighted by molar-refractivity contribution is -0.308. The number of hydrogen-bond donors (Lipinski definition) is 2. The number of alkyl halides is 8. The van der Waals surface area contributed by atoms with Crippen LogP contribution in [0.3, 0.4) is 0 Å². The SMILES string of the molecule is FC(F)(F)COP1NPNPN1C(F)(F)C(F)(F)F. The summed E-state index contributed by atoms with van der Waals surface area (Å²) in [6, 6.07) is -5.28. The topological polar surface area (TPSA) is 36.5 Å². The maximum Gasteiger partial charge on any atom is 0.470 e. The lowest BCUT2D eigenvalue weighted by Gasteiger charge is -2.39. The van der Waals surface area contributed by atoms with Gasteiger partial charge in [0.05, 0.1) is 0 Å². The lowest BCUT2D eigenvalue weighted by atomic mass is 10.6. The fourth-order valence-corrected chi connectivity index (χ4v) is 5.62. The van der Waals surface area contributed by atoms with Crippen LogP contribution in [-0.4, -0.2) is 29.4 Å². The Morgan fingerprint density at radius 3 is 2.11 bits per heavy atom. The zero-order chi connectivity index (χ0) is 14.9. The van der Waals surface area contributed by atoms with E-state index in [1.807, 2.05) is 4.86 Å². The predicted octanol–water partition coefficient (Wildman–Crippen LogP) is 3.46. The van der Waals surface area contributed by atoms with Crippen LogP contribution >= 0.6 is 26.2 Å². The Bertz CT molecular complexity index is 311. The number of halogens is 8. The summed E-state index contributed by atoms with van der Waals surface area (Å²) in [5.74, 6) is 0. The molecule has 1 aliphatic heterocycles. The molecule has 1 rings (SSSR count). The highest BCUT2D eigenvalue weighted by Gasteiger charge is 2.64. The van der Waals surface area contributed by atoms with E-state index in [2.05, 4.69) is 9.38 Å². The van der Waals surface area contributed by atoms with Gasteiger partial charge in [0, 0.05) is 17.8 Å². The Morgan fingerprint density at radius 1 is 1.05 bits per heavy atom. The van der Waals surface area contributed by atoms with Gasteiger partial charge in [-0.15, -0.1) is 4.44 Å². The molecule has 0 aromatic heterocycles. The largest absolute Gasteiger partial charge is 0.470 e. The molecule has 1 aliphatic rings. The molecule has 4 nitrogen and oxygen atoms in total. The molecule has 1 heterocycles. The van der Waals surface area contributed by atoms with E-state index in [4.69, 9.17) is 0 Å². The molecule has 1 saturated heterocycles. The van der Waals surface area contributed by atoms with Crippen LogP contribution in [0.25, 0.3) is 0 Å². The van der Waals surface area contributed by atoms with Crippen LogP contribution in [0.5, 0.6) is 0 Å². The molecule has 15 heteroatoms. The first-order chi connectivity index (χ1) is 8.45. The number of nitrogens with one attached hydrogen (secondary N) is 2. The third-order valence-electron chi connectivity index (χ3n) is 1.52. The van der Waals surface area contributed by atoms with Crippen LogP contribution in [-0.2, 0) is 4.52 Å². The van der Waals surface area contributed by atoms with Gasteiger partial charge in [-0.25, -0.2) is 4.86 Å². The van der Waals surface area contributed by atoms with Gasteiger partial charge in [-0.05, 0) is 0 Å². The minimum Gasteiger partial charge on any atom is -0.321 e. The number of rotatable bonds is 3. The van der Waals surface area contributed by atoms with Gasteiger partial charge in [0.25, 0.3) is 0 Å². The maximum atomic E-state index is 13.1. The first kappa shape index (κ1) is 17.6. The molecule has 3 unspecified atom stereocenters. The lowest BCUT2D eigenvalue weighted by Crippen LogP contribution is -2.49. The van der Waals surface area contributed by atoms with Crippen LogP contribution in [0.2, 0.25) is 0 Å². The molecule has 0 amide bonds. The van der Waals surface area contributed by atoms with Crippen molar-refractivity contribution in [1.82, 2.24) is 14.2 Å². The van der Waals surface area contributed by atoms with Crippen molar-refractivity contribution in [3.05, 3.63) is 0 Å². The van der Waals surface area contributed by atoms with E-state index >= 15 is 0 Å². The van der Waals surface area contributed by atoms with Gasteiger partial charge in [-0.1, -0.05) is 0 Å². The second-order valence-corrected chi connectivity index (χ2v) is 7.38. The molecule has 0 bridgehead atoms. The summed E-state index contributed by atoms with van der Waals surface area (Å²) in [7, 11) is -4.58. The van der Waals surface area contributed by atoms with Crippen molar-refractivity contribution >= 4 is 26.2 Å². The van der Waals surface area contributed by atoms with Crippen molar-refractivity contribution in [3.63, 3.8) is 0 Å². The van der Waals surface area contributed by atoms with Gasteiger partial charge >= 0.3 is 18.4 Å². The zero-order valence-electron chi connectivity index (χ0n) is 8.53. The fraction of sp³-hybridized carbons (Fsp3) is 1.00. The second kappa shape index (κ2) is 6.13. The van der Waals surface area contributed by atoms with Crippen LogP contribution < -0.4 is 9.72 Å². The fourth-order valence-electron chi connectivity index (χ4n) is 0.781. The molecule has 0 aromatic rings. The predicted molar refractivity (Wildman–Crippen MR) is 54.7 cm³/mol. The van der Waals surface area contributed by atoms with Crippen LogP contribution in [0.1, 0.15) is 0 Å². The van der Waals surface area contributed by atoms with Crippen LogP contribution in [0.4, 0.5) is 35.1 Å². The van der Waals surface area contributed by atoms with Crippen molar-refractivity contribution in [2.24, 2.45) is 0 Å². The zero-order valence-corrected chi connectivity index (χ0v) is 11.4. The highest BCUT2D eigenvalue weighted by molar-refractivity contribution is 7.70. The molecule has 0 radical (unpaired) electrons. The molecule has 0 saturated carbocycles. The van der Waals surface area contributed by atoms with E-state index in [0.717, 1.165) is 0 Å². The molecule has 1 fully saturated rings. The van der Waals surface area contributed by atoms with Gasteiger partial charge in [0.1, 0.15) is 6.61 Å². The van der Waals surface area contributed by atoms with Gasteiger partial charge in [0.2, 0.25) is 0 Å². The molecule has 0 aliphatic carbocycles. The molecule has 114 valence electrons. The molecular formula is C4H6F8N3OP3. The summed E-state index contributed by atoms with van der Waals surface area (Å²) in [4.78, 5) is 4.22. The van der Waals surface area contributed by atoms with Gasteiger partial charge < -0.3 is 4.52 Å². The van der Waals surface area contributed by atoms with E-state index in [1.165, 1.54) is 0 Å². The van der Waals surface area contributed by atoms with Gasteiger partial charge in [-0.2, -0.15) is 35.1 Å². The minimum absolute atomic E-state index is 0.470. The summed E-state index contributed by atoms with van der Waals surface area (Å²) in [5.41, 5.74) is 0. The Hall–Kier alpha value is 0.570. The second-order valence-electron chi connectivity index (χ2n) is 2.99. The molecule has 19 heavy (non-hydrogen) atoms. The highest BCUT2D eigenvalue weighted by Crippen LogP contribution is 2.60. The van der Waals surface area contributed by atoms with Crippen molar-refractivity contribution in [3.8, 4) is 0 Å². The van der Waals surface area contributed by atoms with Crippen LogP contribution in [0, 0.1) is 0 Å². The quantitative estimate of drug-likeness (QED) is 0.461. The minimum atomic E-state index is -5.91. The molecule has 2 N–H and O–H groups in total. The molecular weight excluding hydrogens is 351 g/mol. The van der Waals surface area contributed by atoms with E-state index in [0.29, 0.717) is 0 Å². The first-order valence-corrected chi connectivity index (χ1v) is 7.37. The molecule has 3 atom stereocenters. The van der Waals surface area contributed by atoms with Crippen molar-refractivity contribution in [1.29, 1.82) is 0 Å². The van der Waals surface area contributed by atoms with E-state index in [1.54, 1.807) is 0 Å². The monoisotopic (exact) mass is 357 g/mol. The Balaban J connectivity index is 2.78. The molecule has 0 spiro atoms. The normalized spacial score (nSPS) is 26.2. The van der Waals surface area contributed by atoms with Gasteiger partial charge in [-0.3, -0.25) is 4.86 Å². The summed E-state index contributed by atoms with van der Waals surface area (Å²) >= 11 is 0. The average Bonchev–Trinajstić information content (AvgIpc) is 2.24. The first-order valence-electron chi connectivity index (χ1n) is 4.21. The summed E-state index contributed by atoms with van der Waals surface area (Å²) in [5, 5.41) is 0. The summed E-state index contributed by atoms with van der Waals surface area (Å²) < 4.78 is 102. The highest BCUT2D eigenvalue weighted by atomic mass is 31.2. The van der Waals surface area contributed by atoms with Crippen molar-refractivity contribution in [2.75, 3.05) is 6.61 Å². The smallest absolute Gasteiger partial charge is 0.321 e. The van der Waals surface area contributed by atoms with E-state index in [9.17, 15) is 35.1 Å². The van der Waals surface area contributed by atoms with E-state index in [-0.39, 0.29) is 0 Å². The standard InChI is InChI=1S/C4H6F8N3OP3/c5-2(6,7)1-16-19-14-17-13-18-15(19)4(11,12)3(8,9)10/h13-14,17-18H,1H2. The van der Waals surface area contributed by atoms with Crippen molar-refractivity contribution < 1.29 is 39.6 Å². The van der Waals surface area contributed by atoms with Crippen molar-refractivity contribution in [2.45, 2.75) is 18.4 Å². The third kappa shape index (κ3) is 4.81. The van der Waals surface area contributed by atoms with Crippen LogP contribution in [0.15, 0.2) is 0 Å². The summed E-state index contributed by atoms with van der Waals surface area (Å²) in [6.07, 6.45) is -10.7. The average molecular weight is 357 g/mol. The Morgan fingerprint density at radius 2 is 1.63 bits per heavy atom. The number of hydrogen-bond acceptors (Lipinski definition) is 4. The summed E-state index contributed by atoms with van der Waals surface area (Å²) in [6.45, 7) is -1.91.